The van der Waals surface area contributed by atoms with Crippen LogP contribution in [0.5, 0.6) is 0 Å². The summed E-state index contributed by atoms with van der Waals surface area (Å²) in [6.45, 7) is 3.89. The van der Waals surface area contributed by atoms with Gasteiger partial charge in [0, 0.05) is 65.0 Å². The number of hydrogen-bond acceptors (Lipinski definition) is 4. The van der Waals surface area contributed by atoms with Gasteiger partial charge in [0.05, 0.1) is 0 Å². The first-order valence-corrected chi connectivity index (χ1v) is 8.74. The van der Waals surface area contributed by atoms with E-state index in [4.69, 9.17) is 4.74 Å². The number of piperazine rings is 1. The smallest absolute Gasteiger partial charge is 0.253 e. The van der Waals surface area contributed by atoms with E-state index in [-0.39, 0.29) is 24.4 Å². The topological polar surface area (TPSA) is 61.9 Å². The minimum Gasteiger partial charge on any atom is -0.385 e. The Morgan fingerprint density at radius 3 is 2.58 bits per heavy atom. The van der Waals surface area contributed by atoms with Gasteiger partial charge in [-0.2, -0.15) is 0 Å². The predicted molar refractivity (Wildman–Crippen MR) is 92.8 cm³/mol. The van der Waals surface area contributed by atoms with Gasteiger partial charge >= 0.3 is 0 Å². The number of methoxy groups -OCH3 is 1. The Bertz CT molecular complexity index is 622. The van der Waals surface area contributed by atoms with Crippen molar-refractivity contribution in [3.05, 3.63) is 35.4 Å². The molecule has 8 heteroatoms. The maximum atomic E-state index is 13.4. The van der Waals surface area contributed by atoms with Gasteiger partial charge in [-0.25, -0.2) is 8.78 Å². The number of rotatable bonds is 8. The summed E-state index contributed by atoms with van der Waals surface area (Å²) in [5.74, 6) is -2.50. The molecule has 1 fully saturated rings. The van der Waals surface area contributed by atoms with Crippen molar-refractivity contribution in [2.24, 2.45) is 0 Å². The fraction of sp³-hybridized carbons (Fsp3) is 0.556. The van der Waals surface area contributed by atoms with Crippen LogP contribution in [-0.4, -0.2) is 74.6 Å². The fourth-order valence-electron chi connectivity index (χ4n) is 2.83. The van der Waals surface area contributed by atoms with E-state index in [0.717, 1.165) is 25.2 Å². The van der Waals surface area contributed by atoms with E-state index in [2.05, 4.69) is 5.32 Å². The maximum absolute atomic E-state index is 13.4. The SMILES string of the molecule is COCCCN(CCC(=O)N1CCNCC1)C(=O)c1ccc(F)c(F)c1. The van der Waals surface area contributed by atoms with Gasteiger partial charge in [-0.15, -0.1) is 0 Å². The average molecular weight is 369 g/mol. The van der Waals surface area contributed by atoms with E-state index in [1.54, 1.807) is 12.0 Å². The lowest BCUT2D eigenvalue weighted by atomic mass is 10.1. The van der Waals surface area contributed by atoms with Gasteiger partial charge in [0.1, 0.15) is 0 Å². The van der Waals surface area contributed by atoms with Crippen LogP contribution in [0.3, 0.4) is 0 Å². The van der Waals surface area contributed by atoms with Crippen LogP contribution in [0.4, 0.5) is 8.78 Å². The molecule has 0 spiro atoms. The first-order valence-electron chi connectivity index (χ1n) is 8.74. The van der Waals surface area contributed by atoms with Gasteiger partial charge in [-0.1, -0.05) is 0 Å². The van der Waals surface area contributed by atoms with Crippen LogP contribution < -0.4 is 5.32 Å². The van der Waals surface area contributed by atoms with Crippen LogP contribution in [0, 0.1) is 11.6 Å². The number of amides is 2. The minimum absolute atomic E-state index is 0.0127. The monoisotopic (exact) mass is 369 g/mol. The molecule has 0 aliphatic carbocycles. The van der Waals surface area contributed by atoms with Gasteiger partial charge in [0.15, 0.2) is 11.6 Å². The Hall–Kier alpha value is -2.06. The molecule has 0 saturated carbocycles. The third kappa shape index (κ3) is 5.74. The first-order chi connectivity index (χ1) is 12.5. The Kier molecular flexibility index (Phi) is 7.93. The Morgan fingerprint density at radius 1 is 1.19 bits per heavy atom. The lowest BCUT2D eigenvalue weighted by molar-refractivity contribution is -0.131. The summed E-state index contributed by atoms with van der Waals surface area (Å²) in [6.07, 6.45) is 0.788. The van der Waals surface area contributed by atoms with E-state index in [9.17, 15) is 18.4 Å². The molecule has 2 amide bonds. The zero-order valence-electron chi connectivity index (χ0n) is 15.0. The fourth-order valence-corrected chi connectivity index (χ4v) is 2.83. The van der Waals surface area contributed by atoms with Gasteiger partial charge in [-0.05, 0) is 24.6 Å². The molecule has 0 bridgehead atoms. The normalized spacial score (nSPS) is 14.3. The predicted octanol–water partition coefficient (Wildman–Crippen LogP) is 1.27. The molecule has 1 aliphatic rings. The first kappa shape index (κ1) is 20.3. The Labute approximate surface area is 152 Å². The molecule has 1 aromatic carbocycles. The van der Waals surface area contributed by atoms with Crippen LogP contribution in [-0.2, 0) is 9.53 Å². The lowest BCUT2D eigenvalue weighted by Crippen LogP contribution is -2.47. The molecule has 0 unspecified atom stereocenters. The second kappa shape index (κ2) is 10.2. The summed E-state index contributed by atoms with van der Waals surface area (Å²) in [4.78, 5) is 28.2. The molecule has 1 aromatic rings. The van der Waals surface area contributed by atoms with Crippen LogP contribution in [0.1, 0.15) is 23.2 Å². The third-order valence-electron chi connectivity index (χ3n) is 4.30. The number of ether oxygens (including phenoxy) is 1. The zero-order valence-corrected chi connectivity index (χ0v) is 15.0. The number of hydrogen-bond donors (Lipinski definition) is 1. The highest BCUT2D eigenvalue weighted by Gasteiger charge is 2.21. The highest BCUT2D eigenvalue weighted by molar-refractivity contribution is 5.94. The molecule has 1 saturated heterocycles. The molecular formula is C18H25F2N3O3. The van der Waals surface area contributed by atoms with Crippen LogP contribution >= 0.6 is 0 Å². The summed E-state index contributed by atoms with van der Waals surface area (Å²) in [7, 11) is 1.56. The van der Waals surface area contributed by atoms with Gasteiger partial charge in [0.2, 0.25) is 5.91 Å². The molecule has 1 heterocycles. The molecule has 6 nitrogen and oxygen atoms in total. The van der Waals surface area contributed by atoms with Crippen molar-refractivity contribution < 1.29 is 23.1 Å². The van der Waals surface area contributed by atoms with E-state index in [0.29, 0.717) is 32.7 Å². The van der Waals surface area contributed by atoms with Crippen molar-refractivity contribution in [1.29, 1.82) is 0 Å². The quantitative estimate of drug-likeness (QED) is 0.701. The second-order valence-electron chi connectivity index (χ2n) is 6.15. The highest BCUT2D eigenvalue weighted by atomic mass is 19.2. The van der Waals surface area contributed by atoms with Crippen molar-refractivity contribution in [2.45, 2.75) is 12.8 Å². The number of halogens is 2. The van der Waals surface area contributed by atoms with Crippen molar-refractivity contribution >= 4 is 11.8 Å². The van der Waals surface area contributed by atoms with Gasteiger partial charge in [-0.3, -0.25) is 9.59 Å². The molecule has 0 aromatic heterocycles. The van der Waals surface area contributed by atoms with Crippen LogP contribution in [0.25, 0.3) is 0 Å². The molecular weight excluding hydrogens is 344 g/mol. The number of nitrogens with zero attached hydrogens (tertiary/aromatic N) is 2. The van der Waals surface area contributed by atoms with E-state index in [1.165, 1.54) is 11.0 Å². The minimum atomic E-state index is -1.07. The average Bonchev–Trinajstić information content (AvgIpc) is 2.66. The summed E-state index contributed by atoms with van der Waals surface area (Å²) >= 11 is 0. The van der Waals surface area contributed by atoms with Crippen molar-refractivity contribution in [1.82, 2.24) is 15.1 Å². The summed E-state index contributed by atoms with van der Waals surface area (Å²) in [6, 6.07) is 3.07. The molecule has 144 valence electrons. The van der Waals surface area contributed by atoms with Crippen LogP contribution in [0.2, 0.25) is 0 Å². The number of benzene rings is 1. The van der Waals surface area contributed by atoms with Gasteiger partial charge in [0.25, 0.3) is 5.91 Å². The Morgan fingerprint density at radius 2 is 1.92 bits per heavy atom. The number of carbonyl (C=O) groups excluding carboxylic acids is 2. The van der Waals surface area contributed by atoms with E-state index >= 15 is 0 Å². The standard InChI is InChI=1S/C18H25F2N3O3/c1-26-12-2-8-23(9-5-17(24)22-10-6-21-7-11-22)18(25)14-3-4-15(19)16(20)13-14/h3-4,13,21H,2,5-12H2,1H3. The number of carbonyl (C=O) groups is 2. The Balaban J connectivity index is 2.00. The maximum Gasteiger partial charge on any atom is 0.253 e. The zero-order chi connectivity index (χ0) is 18.9. The van der Waals surface area contributed by atoms with Crippen molar-refractivity contribution in [3.63, 3.8) is 0 Å². The lowest BCUT2D eigenvalue weighted by Gasteiger charge is -2.29. The third-order valence-corrected chi connectivity index (χ3v) is 4.30. The molecule has 0 atom stereocenters. The second-order valence-corrected chi connectivity index (χ2v) is 6.15. The molecule has 1 N–H and O–H groups in total. The molecule has 26 heavy (non-hydrogen) atoms. The largest absolute Gasteiger partial charge is 0.385 e. The van der Waals surface area contributed by atoms with Crippen LogP contribution in [0.15, 0.2) is 18.2 Å². The summed E-state index contributed by atoms with van der Waals surface area (Å²) in [5.41, 5.74) is 0.0657. The summed E-state index contributed by atoms with van der Waals surface area (Å²) < 4.78 is 31.5. The molecule has 0 radical (unpaired) electrons. The molecule has 2 rings (SSSR count). The van der Waals surface area contributed by atoms with E-state index in [1.807, 2.05) is 0 Å². The van der Waals surface area contributed by atoms with Crippen molar-refractivity contribution in [3.8, 4) is 0 Å². The van der Waals surface area contributed by atoms with Crippen molar-refractivity contribution in [2.75, 3.05) is 53.0 Å². The highest BCUT2D eigenvalue weighted by Crippen LogP contribution is 2.12. The molecule has 1 aliphatic heterocycles. The number of nitrogens with one attached hydrogen (secondary N) is 1. The summed E-state index contributed by atoms with van der Waals surface area (Å²) in [5, 5.41) is 3.18. The van der Waals surface area contributed by atoms with Gasteiger partial charge < -0.3 is 19.9 Å². The van der Waals surface area contributed by atoms with E-state index < -0.39 is 17.5 Å².